The summed E-state index contributed by atoms with van der Waals surface area (Å²) in [4.78, 5) is 99.9. The van der Waals surface area contributed by atoms with Gasteiger partial charge < -0.3 is 55.8 Å². The van der Waals surface area contributed by atoms with Crippen molar-refractivity contribution in [3.8, 4) is 17.1 Å². The molecule has 0 radical (unpaired) electrons. The smallest absolute Gasteiger partial charge is 0.508 e. The summed E-state index contributed by atoms with van der Waals surface area (Å²) in [5.74, 6) is -3.26. The van der Waals surface area contributed by atoms with Gasteiger partial charge in [-0.25, -0.2) is 14.6 Å². The number of esters is 1. The van der Waals surface area contributed by atoms with Crippen LogP contribution in [0.5, 0.6) is 5.75 Å². The number of hydrogen-bond acceptors (Lipinski definition) is 14. The highest BCUT2D eigenvalue weighted by atomic mass is 16.7. The van der Waals surface area contributed by atoms with Crippen LogP contribution in [-0.4, -0.2) is 93.9 Å². The first-order valence-electron chi connectivity index (χ1n) is 22.9. The van der Waals surface area contributed by atoms with Crippen LogP contribution >= 0.6 is 0 Å². The molecule has 2 aromatic heterocycles. The van der Waals surface area contributed by atoms with Gasteiger partial charge in [0.15, 0.2) is 5.96 Å². The number of cyclic esters (lactones) is 1. The first kappa shape index (κ1) is 51.0. The Kier molecular flexibility index (Phi) is 16.1. The van der Waals surface area contributed by atoms with E-state index in [2.05, 4.69) is 21.3 Å². The zero-order valence-electron chi connectivity index (χ0n) is 39.9. The number of ketones is 1. The van der Waals surface area contributed by atoms with Crippen LogP contribution < -0.4 is 32.6 Å². The molecule has 3 atom stereocenters. The number of hydrogen-bond donors (Lipinski definition) is 7. The average molecular weight is 952 g/mol. The van der Waals surface area contributed by atoms with Crippen molar-refractivity contribution in [1.29, 1.82) is 5.41 Å². The number of nitrogens with zero attached hydrogens (tertiary/aromatic N) is 3. The van der Waals surface area contributed by atoms with Gasteiger partial charge in [0, 0.05) is 59.6 Å². The van der Waals surface area contributed by atoms with E-state index in [0.29, 0.717) is 46.7 Å². The van der Waals surface area contributed by atoms with Gasteiger partial charge in [-0.2, -0.15) is 0 Å². The van der Waals surface area contributed by atoms with Gasteiger partial charge in [0.2, 0.25) is 23.3 Å². The Morgan fingerprint density at radius 2 is 1.72 bits per heavy atom. The summed E-state index contributed by atoms with van der Waals surface area (Å²) >= 11 is 0. The predicted octanol–water partition coefficient (Wildman–Crippen LogP) is 4.04. The highest BCUT2D eigenvalue weighted by Crippen LogP contribution is 2.42. The highest BCUT2D eigenvalue weighted by molar-refractivity contribution is 5.99. The van der Waals surface area contributed by atoms with Crippen LogP contribution in [0.25, 0.3) is 22.3 Å². The minimum Gasteiger partial charge on any atom is -0.508 e. The number of guanidine groups is 1. The van der Waals surface area contributed by atoms with Crippen molar-refractivity contribution in [2.24, 2.45) is 17.6 Å². The van der Waals surface area contributed by atoms with E-state index in [1.165, 1.54) is 0 Å². The fraction of sp³-hybridized carbons (Fsp3) is 0.449. The second-order valence-electron chi connectivity index (χ2n) is 18.2. The number of carbonyl (C=O) groups is 6. The molecule has 6 rings (SSSR count). The van der Waals surface area contributed by atoms with Crippen molar-refractivity contribution in [3.05, 3.63) is 86.7 Å². The Balaban J connectivity index is 1.13. The average Bonchev–Trinajstić information content (AvgIpc) is 3.66. The SMILES string of the molecule is CC[C@@]1(OC(=O)OCc2ccc(NC(=O)[C@H](CCCNC(=N)N)NC(=O)[C@@H](NC(=O)CCC(=O)C(C)C)C(C)C)cc2)C(=O)OCc2c1cc1n(c2=O)Cc2cc3c(CN(C)C)c(O)ccc3nc2-1. The fourth-order valence-corrected chi connectivity index (χ4v) is 8.33. The number of aromatic nitrogens is 2. The number of ether oxygens (including phenoxy) is 3. The van der Waals surface area contributed by atoms with Gasteiger partial charge in [-0.3, -0.25) is 29.4 Å². The topological polar surface area (TPSA) is 286 Å². The molecule has 2 aromatic carbocycles. The molecule has 20 nitrogen and oxygen atoms in total. The number of phenolic OH excluding ortho intramolecular Hbond substituents is 1. The maximum Gasteiger partial charge on any atom is 0.510 e. The van der Waals surface area contributed by atoms with Crippen LogP contribution in [0.3, 0.4) is 0 Å². The predicted molar refractivity (Wildman–Crippen MR) is 255 cm³/mol. The number of nitrogens with two attached hydrogens (primary N) is 1. The number of amides is 3. The third kappa shape index (κ3) is 11.7. The van der Waals surface area contributed by atoms with Gasteiger partial charge in [-0.1, -0.05) is 46.8 Å². The molecular formula is C49H61N9O11. The normalized spacial score (nSPS) is 15.7. The molecule has 8 N–H and O–H groups in total. The third-order valence-corrected chi connectivity index (χ3v) is 12.2. The molecule has 0 aliphatic carbocycles. The summed E-state index contributed by atoms with van der Waals surface area (Å²) in [6.07, 6.45) is -0.838. The third-order valence-electron chi connectivity index (χ3n) is 12.2. The molecule has 4 aromatic rings. The molecule has 0 spiro atoms. The second-order valence-corrected chi connectivity index (χ2v) is 18.2. The summed E-state index contributed by atoms with van der Waals surface area (Å²) in [7, 11) is 3.78. The summed E-state index contributed by atoms with van der Waals surface area (Å²) in [5, 5.41) is 29.7. The number of phenols is 1. The number of benzene rings is 2. The van der Waals surface area contributed by atoms with Crippen molar-refractivity contribution in [3.63, 3.8) is 0 Å². The van der Waals surface area contributed by atoms with Crippen LogP contribution in [0.4, 0.5) is 10.5 Å². The molecule has 0 fully saturated rings. The standard InChI is InChI=1S/C49H61N9O11/c1-8-49(34-21-37-42-29(22-58(37)45(64)33(34)25-67-46(49)65)20-31-32(23-57(6)7)39(60)16-15-35(31)54-42)69-48(66)68-24-28-11-13-30(14-12-28)53-43(62)36(10-9-19-52-47(50)51)55-44(63)41(27(4)5)56-40(61)18-17-38(59)26(2)3/h11-16,20-21,26-27,36,41,60H,8-10,17-19,22-25H2,1-7H3,(H,53,62)(H,55,63)(H,56,61)(H4,50,51,52)/t36-,41-,49-/m0/s1. The molecule has 0 saturated carbocycles. The van der Waals surface area contributed by atoms with Crippen molar-refractivity contribution in [2.45, 2.75) is 111 Å². The van der Waals surface area contributed by atoms with Crippen molar-refractivity contribution in [2.75, 3.05) is 26.0 Å². The van der Waals surface area contributed by atoms with Gasteiger partial charge in [0.05, 0.1) is 29.0 Å². The molecule has 368 valence electrons. The Bertz CT molecular complexity index is 2720. The number of carbonyl (C=O) groups excluding carboxylic acids is 6. The summed E-state index contributed by atoms with van der Waals surface area (Å²) in [5.41, 5.74) is 7.13. The molecular weight excluding hydrogens is 891 g/mol. The molecule has 4 heterocycles. The Morgan fingerprint density at radius 3 is 2.38 bits per heavy atom. The van der Waals surface area contributed by atoms with Gasteiger partial charge in [0.25, 0.3) is 5.56 Å². The zero-order valence-corrected chi connectivity index (χ0v) is 39.9. The van der Waals surface area contributed by atoms with Crippen LogP contribution in [0, 0.1) is 17.2 Å². The van der Waals surface area contributed by atoms with Gasteiger partial charge >= 0.3 is 12.1 Å². The maximum absolute atomic E-state index is 14.1. The molecule has 0 saturated heterocycles. The number of aromatic hydroxyl groups is 1. The van der Waals surface area contributed by atoms with E-state index >= 15 is 0 Å². The number of Topliss-reactive ketones (excluding diaryl/α,β-unsaturated/α-hetero) is 1. The lowest BCUT2D eigenvalue weighted by Crippen LogP contribution is -2.54. The number of fused-ring (bicyclic) bond motifs is 5. The first-order chi connectivity index (χ1) is 32.7. The molecule has 69 heavy (non-hydrogen) atoms. The zero-order chi connectivity index (χ0) is 50.3. The summed E-state index contributed by atoms with van der Waals surface area (Å²) in [6, 6.07) is 11.1. The molecule has 3 amide bonds. The van der Waals surface area contributed by atoms with E-state index < -0.39 is 53.1 Å². The van der Waals surface area contributed by atoms with E-state index in [-0.39, 0.29) is 92.4 Å². The van der Waals surface area contributed by atoms with Crippen molar-refractivity contribution < 1.29 is 48.1 Å². The van der Waals surface area contributed by atoms with Gasteiger partial charge in [0.1, 0.15) is 36.8 Å². The lowest BCUT2D eigenvalue weighted by atomic mass is 9.85. The number of rotatable bonds is 20. The van der Waals surface area contributed by atoms with E-state index in [0.717, 1.165) is 10.9 Å². The fourth-order valence-electron chi connectivity index (χ4n) is 8.33. The molecule has 0 bridgehead atoms. The Hall–Kier alpha value is -7.35. The largest absolute Gasteiger partial charge is 0.510 e. The molecule has 20 heteroatoms. The summed E-state index contributed by atoms with van der Waals surface area (Å²) in [6.45, 7) is 8.88. The van der Waals surface area contributed by atoms with E-state index in [9.17, 15) is 38.7 Å². The van der Waals surface area contributed by atoms with Crippen LogP contribution in [0.2, 0.25) is 0 Å². The minimum absolute atomic E-state index is 0.0372. The number of nitrogens with one attached hydrogen (secondary N) is 5. The van der Waals surface area contributed by atoms with E-state index in [1.54, 1.807) is 81.7 Å². The van der Waals surface area contributed by atoms with Crippen LogP contribution in [0.1, 0.15) is 94.5 Å². The van der Waals surface area contributed by atoms with E-state index in [1.807, 2.05) is 25.1 Å². The highest BCUT2D eigenvalue weighted by Gasteiger charge is 2.51. The molecule has 2 aliphatic heterocycles. The second kappa shape index (κ2) is 21.7. The van der Waals surface area contributed by atoms with Gasteiger partial charge in [-0.15, -0.1) is 0 Å². The number of pyridine rings is 2. The summed E-state index contributed by atoms with van der Waals surface area (Å²) < 4.78 is 18.3. The van der Waals surface area contributed by atoms with Crippen molar-refractivity contribution in [1.82, 2.24) is 30.4 Å². The van der Waals surface area contributed by atoms with Gasteiger partial charge in [-0.05, 0) is 81.2 Å². The maximum atomic E-state index is 14.1. The lowest BCUT2D eigenvalue weighted by Gasteiger charge is -2.35. The molecule has 0 unspecified atom stereocenters. The Labute approximate surface area is 399 Å². The van der Waals surface area contributed by atoms with Crippen LogP contribution in [-0.2, 0) is 70.1 Å². The number of anilines is 1. The minimum atomic E-state index is -2.01. The first-order valence-corrected chi connectivity index (χ1v) is 22.9. The van der Waals surface area contributed by atoms with Crippen molar-refractivity contribution >= 4 is 58.2 Å². The molecule has 2 aliphatic rings. The Morgan fingerprint density at radius 1 is 1.00 bits per heavy atom. The van der Waals surface area contributed by atoms with E-state index in [4.69, 9.17) is 30.3 Å². The quantitative estimate of drug-likeness (QED) is 0.0251. The monoisotopic (exact) mass is 951 g/mol. The van der Waals surface area contributed by atoms with Crippen LogP contribution in [0.15, 0.2) is 53.3 Å². The lowest BCUT2D eigenvalue weighted by molar-refractivity contribution is -0.175.